The Hall–Kier alpha value is -2.67. The van der Waals surface area contributed by atoms with Crippen LogP contribution in [0.2, 0.25) is 0 Å². The van der Waals surface area contributed by atoms with Crippen molar-refractivity contribution in [2.75, 3.05) is 12.4 Å². The predicted molar refractivity (Wildman–Crippen MR) is 90.5 cm³/mol. The number of rotatable bonds is 5. The number of nitrogens with zero attached hydrogens (tertiary/aromatic N) is 2. The number of hydrogen-bond donors (Lipinski definition) is 1. The molecule has 0 unspecified atom stereocenters. The van der Waals surface area contributed by atoms with Crippen molar-refractivity contribution in [2.24, 2.45) is 0 Å². The fourth-order valence-electron chi connectivity index (χ4n) is 2.42. The Morgan fingerprint density at radius 1 is 1.29 bits per heavy atom. The van der Waals surface area contributed by atoms with Crippen molar-refractivity contribution < 1.29 is 13.9 Å². The zero-order valence-electron chi connectivity index (χ0n) is 13.0. The molecule has 2 heterocycles. The van der Waals surface area contributed by atoms with Crippen LogP contribution in [0.25, 0.3) is 10.8 Å². The Labute approximate surface area is 142 Å². The zero-order valence-corrected chi connectivity index (χ0v) is 13.8. The number of para-hydroxylation sites is 1. The highest BCUT2D eigenvalue weighted by atomic mass is 32.1. The molecule has 0 radical (unpaired) electrons. The van der Waals surface area contributed by atoms with Crippen molar-refractivity contribution in [1.82, 2.24) is 10.2 Å². The highest BCUT2D eigenvalue weighted by Gasteiger charge is 2.30. The van der Waals surface area contributed by atoms with Crippen molar-refractivity contribution in [3.05, 3.63) is 47.2 Å². The zero-order chi connectivity index (χ0) is 16.5. The summed E-state index contributed by atoms with van der Waals surface area (Å²) in [7, 11) is 1.54. The van der Waals surface area contributed by atoms with Crippen molar-refractivity contribution in [1.29, 1.82) is 0 Å². The largest absolute Gasteiger partial charge is 0.496 e. The lowest BCUT2D eigenvalue weighted by Crippen LogP contribution is -2.13. The van der Waals surface area contributed by atoms with E-state index >= 15 is 0 Å². The lowest BCUT2D eigenvalue weighted by atomic mass is 10.2. The summed E-state index contributed by atoms with van der Waals surface area (Å²) in [6, 6.07) is 8.92. The number of aromatic nitrogens is 2. The molecule has 1 fully saturated rings. The summed E-state index contributed by atoms with van der Waals surface area (Å²) in [4.78, 5) is 13.3. The Morgan fingerprint density at radius 2 is 2.12 bits per heavy atom. The fraction of sp³-hybridized carbons (Fsp3) is 0.235. The molecule has 1 saturated carbocycles. The van der Waals surface area contributed by atoms with Gasteiger partial charge in [0.1, 0.15) is 10.6 Å². The highest BCUT2D eigenvalue weighted by molar-refractivity contribution is 7.14. The van der Waals surface area contributed by atoms with Gasteiger partial charge < -0.3 is 14.5 Å². The number of anilines is 1. The second kappa shape index (κ2) is 6.09. The minimum atomic E-state index is -0.242. The number of nitrogens with one attached hydrogen (secondary N) is 1. The van der Waals surface area contributed by atoms with Crippen LogP contribution in [0.4, 0.5) is 5.69 Å². The summed E-state index contributed by atoms with van der Waals surface area (Å²) >= 11 is 1.45. The van der Waals surface area contributed by atoms with Crippen molar-refractivity contribution in [3.63, 3.8) is 0 Å². The number of methoxy groups -OCH3 is 1. The van der Waals surface area contributed by atoms with Crippen LogP contribution in [0.5, 0.6) is 5.75 Å². The van der Waals surface area contributed by atoms with E-state index in [1.54, 1.807) is 25.3 Å². The third kappa shape index (κ3) is 2.78. The third-order valence-electron chi connectivity index (χ3n) is 3.83. The molecule has 24 heavy (non-hydrogen) atoms. The van der Waals surface area contributed by atoms with Gasteiger partial charge in [0.15, 0.2) is 0 Å². The van der Waals surface area contributed by atoms with Crippen LogP contribution in [0.1, 0.15) is 35.0 Å². The van der Waals surface area contributed by atoms with Crippen LogP contribution in [0, 0.1) is 0 Å². The van der Waals surface area contributed by atoms with Crippen molar-refractivity contribution >= 4 is 22.9 Å². The molecule has 1 amide bonds. The minimum absolute atomic E-state index is 0.242. The summed E-state index contributed by atoms with van der Waals surface area (Å²) in [5, 5.41) is 13.0. The molecule has 0 bridgehead atoms. The summed E-state index contributed by atoms with van der Waals surface area (Å²) in [5.41, 5.74) is 1.13. The van der Waals surface area contributed by atoms with Crippen LogP contribution >= 0.6 is 11.3 Å². The number of hydrogen-bond acceptors (Lipinski definition) is 6. The lowest BCUT2D eigenvalue weighted by Gasteiger charge is -2.08. The molecular weight excluding hydrogens is 326 g/mol. The molecular formula is C17H15N3O3S. The molecule has 7 heteroatoms. The van der Waals surface area contributed by atoms with Crippen LogP contribution < -0.4 is 10.1 Å². The molecule has 122 valence electrons. The summed E-state index contributed by atoms with van der Waals surface area (Å²) < 4.78 is 11.0. The van der Waals surface area contributed by atoms with E-state index in [0.29, 0.717) is 34.7 Å². The average molecular weight is 341 g/mol. The maximum Gasteiger partial charge on any atom is 0.259 e. The lowest BCUT2D eigenvalue weighted by molar-refractivity contribution is 0.102. The number of ether oxygens (including phenoxy) is 1. The first-order valence-corrected chi connectivity index (χ1v) is 8.50. The van der Waals surface area contributed by atoms with Gasteiger partial charge in [-0.2, -0.15) is 0 Å². The Bertz CT molecular complexity index is 883. The number of carbonyl (C=O) groups is 1. The molecule has 0 saturated heterocycles. The molecule has 0 spiro atoms. The van der Waals surface area contributed by atoms with Gasteiger partial charge in [-0.25, -0.2) is 0 Å². The Balaban J connectivity index is 1.59. The Morgan fingerprint density at radius 3 is 2.92 bits per heavy atom. The van der Waals surface area contributed by atoms with E-state index in [-0.39, 0.29) is 5.91 Å². The van der Waals surface area contributed by atoms with Crippen molar-refractivity contribution in [3.8, 4) is 16.5 Å². The predicted octanol–water partition coefficient (Wildman–Crippen LogP) is 3.94. The number of thiophene rings is 1. The first-order chi connectivity index (χ1) is 11.8. The van der Waals surface area contributed by atoms with Crippen LogP contribution in [-0.2, 0) is 0 Å². The third-order valence-corrected chi connectivity index (χ3v) is 4.73. The SMILES string of the molecule is COc1ccccc1C(=O)Nc1ccsc1-c1nnc(C2CC2)o1. The normalized spacial score (nSPS) is 13.7. The average Bonchev–Trinajstić information content (AvgIpc) is 3.16. The van der Waals surface area contributed by atoms with Gasteiger partial charge in [-0.05, 0) is 36.4 Å². The van der Waals surface area contributed by atoms with Crippen LogP contribution in [0.3, 0.4) is 0 Å². The van der Waals surface area contributed by atoms with Gasteiger partial charge in [-0.1, -0.05) is 12.1 Å². The van der Waals surface area contributed by atoms with E-state index < -0.39 is 0 Å². The van der Waals surface area contributed by atoms with E-state index in [1.165, 1.54) is 11.3 Å². The molecule has 1 N–H and O–H groups in total. The number of benzene rings is 1. The van der Waals surface area contributed by atoms with Gasteiger partial charge in [-0.15, -0.1) is 21.5 Å². The second-order valence-electron chi connectivity index (χ2n) is 5.54. The molecule has 1 aliphatic carbocycles. The molecule has 0 aliphatic heterocycles. The van der Waals surface area contributed by atoms with E-state index in [9.17, 15) is 4.79 Å². The second-order valence-corrected chi connectivity index (χ2v) is 6.45. The van der Waals surface area contributed by atoms with Crippen molar-refractivity contribution in [2.45, 2.75) is 18.8 Å². The molecule has 1 aromatic carbocycles. The monoisotopic (exact) mass is 341 g/mol. The maximum absolute atomic E-state index is 12.5. The fourth-order valence-corrected chi connectivity index (χ4v) is 3.19. The van der Waals surface area contributed by atoms with Gasteiger partial charge in [0, 0.05) is 5.92 Å². The van der Waals surface area contributed by atoms with E-state index in [2.05, 4.69) is 15.5 Å². The summed E-state index contributed by atoms with van der Waals surface area (Å²) in [5.74, 6) is 1.81. The first kappa shape index (κ1) is 14.9. The maximum atomic E-state index is 12.5. The first-order valence-electron chi connectivity index (χ1n) is 7.62. The van der Waals surface area contributed by atoms with Gasteiger partial charge >= 0.3 is 0 Å². The standard InChI is InChI=1S/C17H15N3O3S/c1-22-13-5-3-2-4-11(13)15(21)18-12-8-9-24-14(12)17-20-19-16(23-17)10-6-7-10/h2-5,8-10H,6-7H2,1H3,(H,18,21). The van der Waals surface area contributed by atoms with E-state index in [1.807, 2.05) is 17.5 Å². The van der Waals surface area contributed by atoms with Gasteiger partial charge in [0.05, 0.1) is 18.4 Å². The quantitative estimate of drug-likeness (QED) is 0.760. The molecule has 2 aromatic heterocycles. The summed E-state index contributed by atoms with van der Waals surface area (Å²) in [6.07, 6.45) is 2.20. The molecule has 1 aliphatic rings. The number of amides is 1. The highest BCUT2D eigenvalue weighted by Crippen LogP contribution is 2.41. The Kier molecular flexibility index (Phi) is 3.78. The summed E-state index contributed by atoms with van der Waals surface area (Å²) in [6.45, 7) is 0. The van der Waals surface area contributed by atoms with Crippen LogP contribution in [0.15, 0.2) is 40.1 Å². The topological polar surface area (TPSA) is 77.2 Å². The smallest absolute Gasteiger partial charge is 0.259 e. The van der Waals surface area contributed by atoms with E-state index in [4.69, 9.17) is 9.15 Å². The molecule has 4 rings (SSSR count). The van der Waals surface area contributed by atoms with Gasteiger partial charge in [-0.3, -0.25) is 4.79 Å². The van der Waals surface area contributed by atoms with Gasteiger partial charge in [0.2, 0.25) is 5.89 Å². The van der Waals surface area contributed by atoms with E-state index in [0.717, 1.165) is 17.7 Å². The number of carbonyl (C=O) groups excluding carboxylic acids is 1. The molecule has 3 aromatic rings. The minimum Gasteiger partial charge on any atom is -0.496 e. The van der Waals surface area contributed by atoms with Gasteiger partial charge in [0.25, 0.3) is 11.8 Å². The molecule has 6 nitrogen and oxygen atoms in total. The molecule has 0 atom stereocenters. The van der Waals surface area contributed by atoms with Crippen LogP contribution in [-0.4, -0.2) is 23.2 Å².